The van der Waals surface area contributed by atoms with Gasteiger partial charge in [-0.1, -0.05) is 6.92 Å². The van der Waals surface area contributed by atoms with E-state index < -0.39 is 75.0 Å². The second kappa shape index (κ2) is 7.21. The second-order valence-corrected chi connectivity index (χ2v) is 7.76. The number of rotatable bonds is 2. The molecule has 4 atom stereocenters. The predicted molar refractivity (Wildman–Crippen MR) is 97.8 cm³/mol. The first-order valence-electron chi connectivity index (χ1n) is 9.46. The van der Waals surface area contributed by atoms with Crippen LogP contribution in [0.4, 0.5) is 26.3 Å². The summed E-state index contributed by atoms with van der Waals surface area (Å²) in [6.07, 6.45) is -2.59. The Labute approximate surface area is 187 Å². The smallest absolute Gasteiger partial charge is 0.244 e. The molecule has 1 N–H and O–H groups in total. The van der Waals surface area contributed by atoms with Crippen molar-refractivity contribution in [2.24, 2.45) is 16.7 Å². The van der Waals surface area contributed by atoms with Gasteiger partial charge in [0, 0.05) is 5.56 Å². The topological polar surface area (TPSA) is 114 Å². The van der Waals surface area contributed by atoms with Crippen LogP contribution in [0.2, 0.25) is 0 Å². The SMILES string of the molecule is CC1C2(c3ccc(F)cc3)OC(=N)C1(C#N)C(C#N)(C#N)C(c1c(F)c(F)c(F)c(F)c1F)O2. The lowest BCUT2D eigenvalue weighted by Crippen LogP contribution is -2.58. The summed E-state index contributed by atoms with van der Waals surface area (Å²) in [5, 5.41) is 38.4. The van der Waals surface area contributed by atoms with Gasteiger partial charge < -0.3 is 9.47 Å². The summed E-state index contributed by atoms with van der Waals surface area (Å²) in [7, 11) is 0. The standard InChI is InChI=1S/C22H10F6N4O2/c1-9-21(8-31)19(32)34-22(9,10-2-4-11(23)5-3-10)33-18(20(21,6-29)7-30)12-13(24)15(26)17(28)16(27)14(12)25/h2-5,9,18,32H,1H3. The molecule has 0 amide bonds. The maximum atomic E-state index is 14.8. The molecule has 2 fully saturated rings. The molecule has 0 spiro atoms. The summed E-state index contributed by atoms with van der Waals surface area (Å²) < 4.78 is 96.2. The van der Waals surface area contributed by atoms with Crippen molar-refractivity contribution >= 4 is 5.90 Å². The molecule has 2 aromatic carbocycles. The van der Waals surface area contributed by atoms with Gasteiger partial charge in [-0.15, -0.1) is 0 Å². The quantitative estimate of drug-likeness (QED) is 0.386. The molecule has 2 saturated heterocycles. The van der Waals surface area contributed by atoms with Gasteiger partial charge in [0.25, 0.3) is 0 Å². The van der Waals surface area contributed by atoms with E-state index in [4.69, 9.17) is 14.9 Å². The van der Waals surface area contributed by atoms with Crippen LogP contribution in [-0.2, 0) is 15.3 Å². The Morgan fingerprint density at radius 1 is 0.824 bits per heavy atom. The Bertz CT molecular complexity index is 1330. The minimum absolute atomic E-state index is 0.0957. The molecule has 4 unspecified atom stereocenters. The molecule has 4 rings (SSSR count). The van der Waals surface area contributed by atoms with Gasteiger partial charge in [-0.25, -0.2) is 26.3 Å². The number of hydrogen-bond donors (Lipinski definition) is 1. The Hall–Kier alpha value is -4.08. The van der Waals surface area contributed by atoms with Crippen LogP contribution in [0, 0.1) is 91.1 Å². The number of benzene rings is 2. The molecule has 0 saturated carbocycles. The van der Waals surface area contributed by atoms with E-state index in [-0.39, 0.29) is 5.56 Å². The lowest BCUT2D eigenvalue weighted by atomic mass is 9.53. The number of nitrogens with zero attached hydrogens (tertiary/aromatic N) is 3. The van der Waals surface area contributed by atoms with E-state index in [0.717, 1.165) is 24.3 Å². The van der Waals surface area contributed by atoms with Crippen molar-refractivity contribution in [2.75, 3.05) is 0 Å². The Morgan fingerprint density at radius 3 is 1.79 bits per heavy atom. The molecule has 2 aliphatic heterocycles. The zero-order valence-corrected chi connectivity index (χ0v) is 16.9. The average molecular weight is 476 g/mol. The number of ether oxygens (including phenoxy) is 2. The summed E-state index contributed by atoms with van der Waals surface area (Å²) in [4.78, 5) is 0. The van der Waals surface area contributed by atoms with Gasteiger partial charge in [-0.2, -0.15) is 15.8 Å². The first-order valence-corrected chi connectivity index (χ1v) is 9.46. The molecule has 2 aliphatic rings. The minimum atomic E-state index is -2.99. The number of hydrogen-bond acceptors (Lipinski definition) is 6. The highest BCUT2D eigenvalue weighted by Gasteiger charge is 2.80. The predicted octanol–water partition coefficient (Wildman–Crippen LogP) is 4.63. The molecular formula is C22H10F6N4O2. The number of halogens is 6. The van der Waals surface area contributed by atoms with Crippen LogP contribution in [0.3, 0.4) is 0 Å². The molecule has 172 valence electrons. The maximum absolute atomic E-state index is 14.8. The molecule has 0 aromatic heterocycles. The fraction of sp³-hybridized carbons (Fsp3) is 0.273. The van der Waals surface area contributed by atoms with Crippen molar-refractivity contribution in [3.8, 4) is 18.2 Å². The van der Waals surface area contributed by atoms with Gasteiger partial charge in [0.2, 0.25) is 22.9 Å². The Balaban J connectivity index is 2.13. The van der Waals surface area contributed by atoms with Crippen LogP contribution in [-0.4, -0.2) is 5.90 Å². The van der Waals surface area contributed by atoms with Crippen LogP contribution in [0.15, 0.2) is 24.3 Å². The minimum Gasteiger partial charge on any atom is -0.443 e. The van der Waals surface area contributed by atoms with Crippen LogP contribution in [0.25, 0.3) is 0 Å². The fourth-order valence-electron chi connectivity index (χ4n) is 4.66. The van der Waals surface area contributed by atoms with Crippen molar-refractivity contribution in [3.05, 3.63) is 70.3 Å². The van der Waals surface area contributed by atoms with Gasteiger partial charge in [-0.05, 0) is 24.3 Å². The van der Waals surface area contributed by atoms with Crippen LogP contribution < -0.4 is 0 Å². The van der Waals surface area contributed by atoms with Gasteiger partial charge in [0.1, 0.15) is 11.9 Å². The summed E-state index contributed by atoms with van der Waals surface area (Å²) >= 11 is 0. The summed E-state index contributed by atoms with van der Waals surface area (Å²) in [6.45, 7) is 1.24. The molecule has 0 radical (unpaired) electrons. The van der Waals surface area contributed by atoms with Gasteiger partial charge >= 0.3 is 0 Å². The molecule has 2 aromatic rings. The lowest BCUT2D eigenvalue weighted by Gasteiger charge is -2.48. The highest BCUT2D eigenvalue weighted by atomic mass is 19.2. The first kappa shape index (κ1) is 23.1. The fourth-order valence-corrected chi connectivity index (χ4v) is 4.66. The molecule has 2 bridgehead atoms. The van der Waals surface area contributed by atoms with E-state index in [2.05, 4.69) is 0 Å². The van der Waals surface area contributed by atoms with Crippen molar-refractivity contribution < 1.29 is 35.8 Å². The molecular weight excluding hydrogens is 466 g/mol. The molecule has 34 heavy (non-hydrogen) atoms. The monoisotopic (exact) mass is 476 g/mol. The molecule has 0 aliphatic carbocycles. The summed E-state index contributed by atoms with van der Waals surface area (Å²) in [5.41, 5.74) is -7.34. The van der Waals surface area contributed by atoms with Gasteiger partial charge in [0.05, 0.1) is 29.7 Å². The van der Waals surface area contributed by atoms with Crippen molar-refractivity contribution in [3.63, 3.8) is 0 Å². The highest BCUT2D eigenvalue weighted by Crippen LogP contribution is 2.69. The number of nitrogens with one attached hydrogen (secondary N) is 1. The first-order chi connectivity index (χ1) is 16.0. The number of fused-ring (bicyclic) bond motifs is 2. The average Bonchev–Trinajstić information content (AvgIpc) is 2.99. The second-order valence-electron chi connectivity index (χ2n) is 7.76. The number of nitriles is 3. The normalized spacial score (nSPS) is 29.0. The summed E-state index contributed by atoms with van der Waals surface area (Å²) in [6, 6.07) is 8.52. The van der Waals surface area contributed by atoms with Crippen LogP contribution >= 0.6 is 0 Å². The third kappa shape index (κ3) is 2.39. The van der Waals surface area contributed by atoms with E-state index in [9.17, 15) is 42.1 Å². The molecule has 2 heterocycles. The van der Waals surface area contributed by atoms with Gasteiger partial charge in [0.15, 0.2) is 28.7 Å². The van der Waals surface area contributed by atoms with E-state index in [1.165, 1.54) is 19.1 Å². The summed E-state index contributed by atoms with van der Waals surface area (Å²) in [5.74, 6) is -17.4. The van der Waals surface area contributed by atoms with E-state index in [0.29, 0.717) is 0 Å². The Morgan fingerprint density at radius 2 is 1.32 bits per heavy atom. The van der Waals surface area contributed by atoms with Crippen LogP contribution in [0.1, 0.15) is 24.2 Å². The van der Waals surface area contributed by atoms with E-state index in [1.54, 1.807) is 6.07 Å². The third-order valence-electron chi connectivity index (χ3n) is 6.42. The van der Waals surface area contributed by atoms with Crippen molar-refractivity contribution in [2.45, 2.75) is 18.8 Å². The van der Waals surface area contributed by atoms with E-state index >= 15 is 0 Å². The van der Waals surface area contributed by atoms with E-state index in [1.807, 2.05) is 0 Å². The molecule has 12 heteroatoms. The Kier molecular flexibility index (Phi) is 4.90. The van der Waals surface area contributed by atoms with Crippen molar-refractivity contribution in [1.29, 1.82) is 21.2 Å². The maximum Gasteiger partial charge on any atom is 0.244 e. The molecule has 6 nitrogen and oxygen atoms in total. The lowest BCUT2D eigenvalue weighted by molar-refractivity contribution is -0.289. The van der Waals surface area contributed by atoms with Crippen LogP contribution in [0.5, 0.6) is 0 Å². The van der Waals surface area contributed by atoms with Gasteiger partial charge in [-0.3, -0.25) is 5.41 Å². The third-order valence-corrected chi connectivity index (χ3v) is 6.42. The largest absolute Gasteiger partial charge is 0.443 e. The zero-order valence-electron chi connectivity index (χ0n) is 16.9. The zero-order chi connectivity index (χ0) is 25.2. The highest BCUT2D eigenvalue weighted by molar-refractivity contribution is 5.89. The van der Waals surface area contributed by atoms with Crippen molar-refractivity contribution in [1.82, 2.24) is 0 Å².